The molecule has 0 aliphatic rings. The molecule has 0 amide bonds. The Kier molecular flexibility index (Phi) is 5.15. The Bertz CT molecular complexity index is 499. The lowest BCUT2D eigenvalue weighted by Gasteiger charge is -2.16. The third-order valence-corrected chi connectivity index (χ3v) is 3.01. The fourth-order valence-electron chi connectivity index (χ4n) is 2.03. The zero-order valence-electron chi connectivity index (χ0n) is 10.9. The molecule has 4 nitrogen and oxygen atoms in total. The molecule has 0 saturated heterocycles. The minimum Gasteiger partial charge on any atom is -0.309 e. The number of nitrogens with one attached hydrogen (secondary N) is 1. The van der Waals surface area contributed by atoms with Crippen molar-refractivity contribution in [3.63, 3.8) is 0 Å². The second-order valence-electron chi connectivity index (χ2n) is 4.40. The first-order chi connectivity index (χ1) is 9.40. The highest BCUT2D eigenvalue weighted by Gasteiger charge is 2.09. The number of hydrogen-bond acceptors (Lipinski definition) is 3. The first-order valence-corrected chi connectivity index (χ1v) is 6.53. The molecule has 2 aromatic rings. The summed E-state index contributed by atoms with van der Waals surface area (Å²) < 4.78 is 1.92. The van der Waals surface area contributed by atoms with Crippen molar-refractivity contribution >= 4 is 0 Å². The van der Waals surface area contributed by atoms with Crippen LogP contribution in [0.25, 0.3) is 0 Å². The Hall–Kier alpha value is -2.12. The van der Waals surface area contributed by atoms with Crippen LogP contribution in [0.2, 0.25) is 0 Å². The quantitative estimate of drug-likeness (QED) is 0.772. The van der Waals surface area contributed by atoms with E-state index in [0.717, 1.165) is 19.5 Å². The molecular weight excluding hydrogens is 236 g/mol. The number of nitrogens with zero attached hydrogens (tertiary/aromatic N) is 3. The van der Waals surface area contributed by atoms with Gasteiger partial charge in [-0.05, 0) is 24.6 Å². The normalized spacial score (nSPS) is 11.9. The molecule has 1 aromatic heterocycles. The average Bonchev–Trinajstić information content (AvgIpc) is 2.96. The molecule has 1 unspecified atom stereocenters. The zero-order chi connectivity index (χ0) is 13.3. The summed E-state index contributed by atoms with van der Waals surface area (Å²) in [5.74, 6) is 0. The molecule has 2 rings (SSSR count). The number of aromatic nitrogens is 2. The Morgan fingerprint density at radius 3 is 2.79 bits per heavy atom. The number of aryl methyl sites for hydroxylation is 1. The van der Waals surface area contributed by atoms with Crippen LogP contribution in [0.3, 0.4) is 0 Å². The monoisotopic (exact) mass is 254 g/mol. The van der Waals surface area contributed by atoms with Gasteiger partial charge in [-0.15, -0.1) is 0 Å². The number of nitriles is 1. The van der Waals surface area contributed by atoms with Crippen molar-refractivity contribution in [2.45, 2.75) is 25.4 Å². The summed E-state index contributed by atoms with van der Waals surface area (Å²) in [7, 11) is 0. The Morgan fingerprint density at radius 1 is 1.26 bits per heavy atom. The van der Waals surface area contributed by atoms with E-state index in [1.807, 2.05) is 35.1 Å². The highest BCUT2D eigenvalue weighted by Crippen LogP contribution is 2.15. The number of rotatable bonds is 7. The molecule has 0 aliphatic heterocycles. The molecule has 1 aromatic carbocycles. The van der Waals surface area contributed by atoms with Gasteiger partial charge in [0, 0.05) is 25.0 Å². The van der Waals surface area contributed by atoms with Crippen LogP contribution >= 0.6 is 0 Å². The molecule has 0 saturated carbocycles. The highest BCUT2D eigenvalue weighted by atomic mass is 15.3. The lowest BCUT2D eigenvalue weighted by Crippen LogP contribution is -2.23. The minimum absolute atomic E-state index is 0.115. The van der Waals surface area contributed by atoms with E-state index in [1.54, 1.807) is 6.20 Å². The van der Waals surface area contributed by atoms with E-state index in [-0.39, 0.29) is 6.04 Å². The molecular formula is C15H18N4. The predicted molar refractivity (Wildman–Crippen MR) is 74.3 cm³/mol. The van der Waals surface area contributed by atoms with Gasteiger partial charge in [0.2, 0.25) is 0 Å². The first-order valence-electron chi connectivity index (χ1n) is 6.53. The van der Waals surface area contributed by atoms with E-state index in [1.165, 1.54) is 5.56 Å². The standard InChI is InChI=1S/C15H18N4/c16-9-8-15(14-6-2-1-3-7-14)17-10-4-12-19-13-5-11-18-19/h1-3,5-7,11,13,15,17H,4,8,10,12H2. The van der Waals surface area contributed by atoms with Crippen molar-refractivity contribution in [1.82, 2.24) is 15.1 Å². The van der Waals surface area contributed by atoms with Crippen molar-refractivity contribution in [2.75, 3.05) is 6.54 Å². The average molecular weight is 254 g/mol. The summed E-state index contributed by atoms with van der Waals surface area (Å²) in [6.07, 6.45) is 5.24. The van der Waals surface area contributed by atoms with E-state index in [4.69, 9.17) is 5.26 Å². The third kappa shape index (κ3) is 4.23. The van der Waals surface area contributed by atoms with Gasteiger partial charge in [-0.25, -0.2) is 0 Å². The van der Waals surface area contributed by atoms with Gasteiger partial charge in [-0.1, -0.05) is 30.3 Å². The lowest BCUT2D eigenvalue weighted by molar-refractivity contribution is 0.492. The van der Waals surface area contributed by atoms with Gasteiger partial charge in [-0.2, -0.15) is 10.4 Å². The highest BCUT2D eigenvalue weighted by molar-refractivity contribution is 5.19. The van der Waals surface area contributed by atoms with Crippen molar-refractivity contribution in [3.05, 3.63) is 54.4 Å². The van der Waals surface area contributed by atoms with Crippen LogP contribution < -0.4 is 5.32 Å². The topological polar surface area (TPSA) is 53.6 Å². The van der Waals surface area contributed by atoms with Crippen molar-refractivity contribution < 1.29 is 0 Å². The van der Waals surface area contributed by atoms with Crippen LogP contribution in [0.15, 0.2) is 48.8 Å². The first kappa shape index (κ1) is 13.3. The van der Waals surface area contributed by atoms with Crippen molar-refractivity contribution in [3.8, 4) is 6.07 Å². The molecule has 0 spiro atoms. The van der Waals surface area contributed by atoms with E-state index >= 15 is 0 Å². The summed E-state index contributed by atoms with van der Waals surface area (Å²) >= 11 is 0. The summed E-state index contributed by atoms with van der Waals surface area (Å²) in [6.45, 7) is 1.77. The van der Waals surface area contributed by atoms with Crippen LogP contribution in [-0.2, 0) is 6.54 Å². The molecule has 0 radical (unpaired) electrons. The van der Waals surface area contributed by atoms with Crippen LogP contribution in [0.1, 0.15) is 24.4 Å². The zero-order valence-corrected chi connectivity index (χ0v) is 10.9. The van der Waals surface area contributed by atoms with Crippen LogP contribution in [0.4, 0.5) is 0 Å². The molecule has 98 valence electrons. The van der Waals surface area contributed by atoms with E-state index in [0.29, 0.717) is 6.42 Å². The molecule has 19 heavy (non-hydrogen) atoms. The van der Waals surface area contributed by atoms with Crippen LogP contribution in [0, 0.1) is 11.3 Å². The Balaban J connectivity index is 1.79. The van der Waals surface area contributed by atoms with Gasteiger partial charge >= 0.3 is 0 Å². The molecule has 4 heteroatoms. The molecule has 1 atom stereocenters. The fraction of sp³-hybridized carbons (Fsp3) is 0.333. The summed E-state index contributed by atoms with van der Waals surface area (Å²) in [6, 6.07) is 14.4. The Labute approximate surface area is 113 Å². The second-order valence-corrected chi connectivity index (χ2v) is 4.40. The molecule has 0 aliphatic carbocycles. The lowest BCUT2D eigenvalue weighted by atomic mass is 10.0. The number of hydrogen-bond donors (Lipinski definition) is 1. The summed E-state index contributed by atoms with van der Waals surface area (Å²) in [5, 5.41) is 16.5. The Morgan fingerprint density at radius 2 is 2.11 bits per heavy atom. The second kappa shape index (κ2) is 7.34. The molecule has 0 fully saturated rings. The maximum atomic E-state index is 8.90. The third-order valence-electron chi connectivity index (χ3n) is 3.01. The number of benzene rings is 1. The van der Waals surface area contributed by atoms with Crippen molar-refractivity contribution in [2.24, 2.45) is 0 Å². The van der Waals surface area contributed by atoms with Gasteiger partial charge in [0.1, 0.15) is 0 Å². The molecule has 0 bridgehead atoms. The van der Waals surface area contributed by atoms with Gasteiger partial charge in [0.15, 0.2) is 0 Å². The van der Waals surface area contributed by atoms with Crippen LogP contribution in [-0.4, -0.2) is 16.3 Å². The predicted octanol–water partition coefficient (Wildman–Crippen LogP) is 2.52. The SMILES string of the molecule is N#CCC(NCCCn1cccn1)c1ccccc1. The van der Waals surface area contributed by atoms with Gasteiger partial charge < -0.3 is 5.32 Å². The summed E-state index contributed by atoms with van der Waals surface area (Å²) in [4.78, 5) is 0. The summed E-state index contributed by atoms with van der Waals surface area (Å²) in [5.41, 5.74) is 1.17. The fourth-order valence-corrected chi connectivity index (χ4v) is 2.03. The van der Waals surface area contributed by atoms with Crippen molar-refractivity contribution in [1.29, 1.82) is 5.26 Å². The van der Waals surface area contributed by atoms with E-state index in [2.05, 4.69) is 28.6 Å². The van der Waals surface area contributed by atoms with E-state index < -0.39 is 0 Å². The van der Waals surface area contributed by atoms with Gasteiger partial charge in [0.25, 0.3) is 0 Å². The molecule has 1 heterocycles. The minimum atomic E-state index is 0.115. The van der Waals surface area contributed by atoms with Crippen LogP contribution in [0.5, 0.6) is 0 Å². The van der Waals surface area contributed by atoms with E-state index in [9.17, 15) is 0 Å². The molecule has 1 N–H and O–H groups in total. The van der Waals surface area contributed by atoms with Gasteiger partial charge in [-0.3, -0.25) is 4.68 Å². The largest absolute Gasteiger partial charge is 0.309 e. The van der Waals surface area contributed by atoms with Gasteiger partial charge in [0.05, 0.1) is 12.5 Å². The maximum absolute atomic E-state index is 8.90. The maximum Gasteiger partial charge on any atom is 0.0641 e. The smallest absolute Gasteiger partial charge is 0.0641 e.